The average molecular weight is 539 g/mol. The largest absolute Gasteiger partial charge is 0.419 e. The topological polar surface area (TPSA) is 53.6 Å². The van der Waals surface area contributed by atoms with Crippen molar-refractivity contribution >= 4 is 24.4 Å². The molecule has 4 rings (SSSR count). The summed E-state index contributed by atoms with van der Waals surface area (Å²) in [6, 6.07) is 4.12. The lowest BCUT2D eigenvalue weighted by Gasteiger charge is -2.36. The fraction of sp³-hybridized carbons (Fsp3) is 0.261. The molecule has 2 aromatic carbocycles. The monoisotopic (exact) mass is 538 g/mol. The van der Waals surface area contributed by atoms with Gasteiger partial charge in [-0.2, -0.15) is 26.3 Å². The third-order valence-electron chi connectivity index (χ3n) is 5.62. The summed E-state index contributed by atoms with van der Waals surface area (Å²) < 4.78 is 107. The molecule has 0 aliphatic carbocycles. The Bertz CT molecular complexity index is 1260. The van der Waals surface area contributed by atoms with Gasteiger partial charge in [-0.1, -0.05) is 12.1 Å². The Labute approximate surface area is 206 Å². The van der Waals surface area contributed by atoms with E-state index < -0.39 is 41.2 Å². The number of hydrogen-bond acceptors (Lipinski definition) is 4. The molecule has 0 radical (unpaired) electrons. The highest BCUT2D eigenvalue weighted by atomic mass is 35.5. The van der Waals surface area contributed by atoms with Crippen molar-refractivity contribution in [2.75, 3.05) is 20.1 Å². The molecule has 194 valence electrons. The molecular weight excluding hydrogens is 520 g/mol. The van der Waals surface area contributed by atoms with Gasteiger partial charge >= 0.3 is 12.4 Å². The maximum Gasteiger partial charge on any atom is 0.419 e. The fourth-order valence-electron chi connectivity index (χ4n) is 4.14. The van der Waals surface area contributed by atoms with Crippen LogP contribution in [0.3, 0.4) is 0 Å². The summed E-state index contributed by atoms with van der Waals surface area (Å²) in [4.78, 5) is 5.98. The maximum absolute atomic E-state index is 13.8. The van der Waals surface area contributed by atoms with Crippen molar-refractivity contribution < 1.29 is 35.1 Å². The minimum Gasteiger partial charge on any atom is -0.370 e. The van der Waals surface area contributed by atoms with Crippen molar-refractivity contribution in [3.05, 3.63) is 87.1 Å². The van der Waals surface area contributed by atoms with Gasteiger partial charge in [0.05, 0.1) is 11.1 Å². The van der Waals surface area contributed by atoms with E-state index in [9.17, 15) is 35.1 Å². The molecular formula is C23H19ClF8N4. The van der Waals surface area contributed by atoms with E-state index >= 15 is 0 Å². The Hall–Kier alpha value is -3.12. The molecule has 0 spiro atoms. The highest BCUT2D eigenvalue weighted by Crippen LogP contribution is 2.39. The molecule has 1 unspecified atom stereocenters. The number of rotatable bonds is 2. The summed E-state index contributed by atoms with van der Waals surface area (Å²) in [6.07, 6.45) is -8.41. The standard InChI is InChI=1S/C23H18F8N4.ClH/c1-35-9-13(6-11-2-4-17(24)15(7-11)22(26,27)28)20-14(10-35)19(33-21(32)34-20)12-3-5-18(25)16(8-12)23(29,30)31;/h2-8,19H,9-10H2,1H3,(H3,32,33,34);1H/b13-6+;. The summed E-state index contributed by atoms with van der Waals surface area (Å²) in [5.74, 6) is -2.97. The van der Waals surface area contributed by atoms with Crippen LogP contribution in [-0.4, -0.2) is 31.0 Å². The summed E-state index contributed by atoms with van der Waals surface area (Å²) in [5, 5.41) is 2.84. The molecule has 3 N–H and O–H groups in total. The minimum absolute atomic E-state index is 0. The number of aliphatic imine (C=N–C) groups is 1. The van der Waals surface area contributed by atoms with Crippen LogP contribution in [0.15, 0.2) is 58.2 Å². The predicted octanol–water partition coefficient (Wildman–Crippen LogP) is 5.67. The molecule has 0 amide bonds. The van der Waals surface area contributed by atoms with Gasteiger partial charge in [0.15, 0.2) is 5.96 Å². The number of guanidine groups is 1. The average Bonchev–Trinajstić information content (AvgIpc) is 2.74. The zero-order valence-electron chi connectivity index (χ0n) is 18.4. The van der Waals surface area contributed by atoms with Crippen LogP contribution in [0.5, 0.6) is 0 Å². The smallest absolute Gasteiger partial charge is 0.370 e. The molecule has 0 saturated carbocycles. The van der Waals surface area contributed by atoms with E-state index in [4.69, 9.17) is 5.73 Å². The molecule has 13 heteroatoms. The van der Waals surface area contributed by atoms with E-state index in [2.05, 4.69) is 10.3 Å². The van der Waals surface area contributed by atoms with Gasteiger partial charge < -0.3 is 11.1 Å². The Kier molecular flexibility index (Phi) is 7.43. The lowest BCUT2D eigenvalue weighted by Crippen LogP contribution is -2.43. The zero-order chi connectivity index (χ0) is 25.7. The molecule has 1 atom stereocenters. The maximum atomic E-state index is 13.8. The number of alkyl halides is 6. The molecule has 2 heterocycles. The first kappa shape index (κ1) is 27.5. The van der Waals surface area contributed by atoms with Crippen LogP contribution in [0, 0.1) is 11.6 Å². The molecule has 0 bridgehead atoms. The Morgan fingerprint density at radius 2 is 1.53 bits per heavy atom. The van der Waals surface area contributed by atoms with Crippen molar-refractivity contribution in [2.45, 2.75) is 18.4 Å². The molecule has 0 fully saturated rings. The lowest BCUT2D eigenvalue weighted by atomic mass is 9.89. The molecule has 36 heavy (non-hydrogen) atoms. The third-order valence-corrected chi connectivity index (χ3v) is 5.62. The normalized spacial score (nSPS) is 20.0. The third kappa shape index (κ3) is 5.49. The second-order valence-corrected chi connectivity index (χ2v) is 8.26. The van der Waals surface area contributed by atoms with Gasteiger partial charge in [0, 0.05) is 18.8 Å². The minimum atomic E-state index is -4.92. The highest BCUT2D eigenvalue weighted by Gasteiger charge is 2.37. The van der Waals surface area contributed by atoms with Crippen LogP contribution in [0.4, 0.5) is 35.1 Å². The van der Waals surface area contributed by atoms with Gasteiger partial charge in [0.1, 0.15) is 17.7 Å². The van der Waals surface area contributed by atoms with E-state index in [1.54, 1.807) is 11.9 Å². The summed E-state index contributed by atoms with van der Waals surface area (Å²) in [6.45, 7) is 0.499. The van der Waals surface area contributed by atoms with Crippen molar-refractivity contribution in [1.29, 1.82) is 0 Å². The zero-order valence-corrected chi connectivity index (χ0v) is 19.3. The molecule has 0 aromatic heterocycles. The Morgan fingerprint density at radius 1 is 0.944 bits per heavy atom. The number of nitrogens with zero attached hydrogens (tertiary/aromatic N) is 2. The van der Waals surface area contributed by atoms with E-state index in [0.29, 0.717) is 41.1 Å². The molecule has 2 aromatic rings. The second-order valence-electron chi connectivity index (χ2n) is 8.26. The lowest BCUT2D eigenvalue weighted by molar-refractivity contribution is -0.140. The number of benzene rings is 2. The molecule has 4 nitrogen and oxygen atoms in total. The van der Waals surface area contributed by atoms with Gasteiger partial charge in [0.25, 0.3) is 0 Å². The van der Waals surface area contributed by atoms with Gasteiger partial charge in [-0.3, -0.25) is 4.90 Å². The predicted molar refractivity (Wildman–Crippen MR) is 120 cm³/mol. The van der Waals surface area contributed by atoms with Gasteiger partial charge in [-0.25, -0.2) is 13.8 Å². The Morgan fingerprint density at radius 3 is 2.14 bits per heavy atom. The number of nitrogens with one attached hydrogen (secondary N) is 1. The van der Waals surface area contributed by atoms with E-state index in [0.717, 1.165) is 0 Å². The first-order chi connectivity index (χ1) is 16.2. The number of hydrogen-bond donors (Lipinski definition) is 2. The number of nitrogens with two attached hydrogens (primary N) is 1. The van der Waals surface area contributed by atoms with Crippen molar-refractivity contribution in [3.8, 4) is 0 Å². The van der Waals surface area contributed by atoms with Gasteiger partial charge in [-0.15, -0.1) is 12.4 Å². The first-order valence-electron chi connectivity index (χ1n) is 10.2. The van der Waals surface area contributed by atoms with Crippen LogP contribution >= 0.6 is 12.4 Å². The summed E-state index contributed by atoms with van der Waals surface area (Å²) in [7, 11) is 1.70. The van der Waals surface area contributed by atoms with Crippen LogP contribution in [0.2, 0.25) is 0 Å². The van der Waals surface area contributed by atoms with Crippen LogP contribution < -0.4 is 11.1 Å². The second kappa shape index (κ2) is 9.74. The Balaban J connectivity index is 0.00000361. The highest BCUT2D eigenvalue weighted by molar-refractivity contribution is 5.85. The SMILES string of the molecule is CN1CC2=C(NC(N)=NC2c2ccc(F)c(C(F)(F)F)c2)/C(=C/c2ccc(F)c(C(F)(F)F)c2)C1.Cl. The van der Waals surface area contributed by atoms with Crippen LogP contribution in [0.1, 0.15) is 28.3 Å². The first-order valence-corrected chi connectivity index (χ1v) is 10.2. The quantitative estimate of drug-likeness (QED) is 0.485. The van der Waals surface area contributed by atoms with Crippen molar-refractivity contribution in [2.24, 2.45) is 10.7 Å². The van der Waals surface area contributed by atoms with E-state index in [-0.39, 0.29) is 42.6 Å². The van der Waals surface area contributed by atoms with Crippen molar-refractivity contribution in [3.63, 3.8) is 0 Å². The number of halogens is 9. The van der Waals surface area contributed by atoms with Crippen molar-refractivity contribution in [1.82, 2.24) is 10.2 Å². The van der Waals surface area contributed by atoms with Gasteiger partial charge in [-0.05, 0) is 59.7 Å². The molecule has 2 aliphatic heterocycles. The fourth-order valence-corrected chi connectivity index (χ4v) is 4.14. The molecule has 0 saturated heterocycles. The summed E-state index contributed by atoms with van der Waals surface area (Å²) in [5.41, 5.74) is 4.47. The number of likely N-dealkylation sites (N-methyl/N-ethyl adjacent to an activating group) is 1. The van der Waals surface area contributed by atoms with E-state index in [1.165, 1.54) is 18.2 Å². The van der Waals surface area contributed by atoms with E-state index in [1.807, 2.05) is 0 Å². The van der Waals surface area contributed by atoms with Crippen LogP contribution in [0.25, 0.3) is 6.08 Å². The summed E-state index contributed by atoms with van der Waals surface area (Å²) >= 11 is 0. The van der Waals surface area contributed by atoms with Crippen LogP contribution in [-0.2, 0) is 12.4 Å². The molecule has 2 aliphatic rings. The van der Waals surface area contributed by atoms with Gasteiger partial charge in [0.2, 0.25) is 0 Å².